The van der Waals surface area contributed by atoms with E-state index >= 15 is 0 Å². The maximum absolute atomic E-state index is 10.0. The van der Waals surface area contributed by atoms with E-state index in [0.717, 1.165) is 23.2 Å². The Morgan fingerprint density at radius 1 is 1.30 bits per heavy atom. The molecule has 1 heterocycles. The molecular weight excluding hydrogens is 272 g/mol. The predicted molar refractivity (Wildman–Crippen MR) is 82.2 cm³/mol. The van der Waals surface area contributed by atoms with E-state index in [0.29, 0.717) is 11.6 Å². The minimum absolute atomic E-state index is 0.0954. The molecule has 2 rings (SSSR count). The summed E-state index contributed by atoms with van der Waals surface area (Å²) < 4.78 is 1.69. The first kappa shape index (κ1) is 15.1. The largest absolute Gasteiger partial charge is 0.395 e. The molecule has 2 aromatic rings. The summed E-state index contributed by atoms with van der Waals surface area (Å²) in [5.41, 5.74) is 2.79. The summed E-state index contributed by atoms with van der Waals surface area (Å²) in [6, 6.07) is 10.1. The number of halogens is 1. The van der Waals surface area contributed by atoms with Gasteiger partial charge in [0, 0.05) is 18.0 Å². The van der Waals surface area contributed by atoms with Crippen molar-refractivity contribution in [3.05, 3.63) is 52.3 Å². The fourth-order valence-corrected chi connectivity index (χ4v) is 2.94. The van der Waals surface area contributed by atoms with E-state index in [1.54, 1.807) is 4.68 Å². The molecule has 0 fully saturated rings. The van der Waals surface area contributed by atoms with Crippen molar-refractivity contribution in [1.29, 1.82) is 0 Å². The molecular formula is C16H21ClN2O. The molecule has 0 radical (unpaired) electrons. The van der Waals surface area contributed by atoms with Gasteiger partial charge < -0.3 is 5.11 Å². The molecule has 0 aliphatic heterocycles. The van der Waals surface area contributed by atoms with E-state index in [9.17, 15) is 5.11 Å². The zero-order chi connectivity index (χ0) is 14.8. The second-order valence-corrected chi connectivity index (χ2v) is 5.67. The highest BCUT2D eigenvalue weighted by molar-refractivity contribution is 6.30. The maximum atomic E-state index is 10.0. The third-order valence-corrected chi connectivity index (χ3v) is 4.62. The van der Waals surface area contributed by atoms with Crippen LogP contribution in [0.25, 0.3) is 0 Å². The third-order valence-electron chi connectivity index (χ3n) is 4.15. The summed E-state index contributed by atoms with van der Waals surface area (Å²) in [6.07, 6.45) is 1.54. The van der Waals surface area contributed by atoms with Crippen molar-refractivity contribution >= 4 is 11.6 Å². The maximum Gasteiger partial charge on any atom is 0.130 e. The van der Waals surface area contributed by atoms with E-state index in [-0.39, 0.29) is 12.0 Å². The van der Waals surface area contributed by atoms with Gasteiger partial charge in [-0.15, -0.1) is 0 Å². The highest BCUT2D eigenvalue weighted by atomic mass is 35.5. The molecule has 3 nitrogen and oxygen atoms in total. The van der Waals surface area contributed by atoms with Crippen LogP contribution in [0, 0.1) is 6.92 Å². The quantitative estimate of drug-likeness (QED) is 0.918. The average Bonchev–Trinajstić information content (AvgIpc) is 2.71. The molecule has 4 heteroatoms. The summed E-state index contributed by atoms with van der Waals surface area (Å²) in [7, 11) is 1.84. The molecule has 108 valence electrons. The van der Waals surface area contributed by atoms with Crippen LogP contribution in [0.2, 0.25) is 5.15 Å². The Balaban J connectivity index is 2.45. The molecule has 0 saturated heterocycles. The molecule has 0 bridgehead atoms. The smallest absolute Gasteiger partial charge is 0.130 e. The van der Waals surface area contributed by atoms with Crippen LogP contribution in [0.15, 0.2) is 30.3 Å². The highest BCUT2D eigenvalue weighted by Crippen LogP contribution is 2.34. The number of aliphatic hydroxyl groups excluding tert-OH is 1. The number of rotatable bonds is 5. The van der Waals surface area contributed by atoms with Gasteiger partial charge >= 0.3 is 0 Å². The standard InChI is InChI=1S/C16H21ClN2O/c1-4-16(11-20,13-8-6-5-7-9-13)10-14-12(2)18-19(3)15(14)17/h5-9,20H,4,10-11H2,1-3H3. The van der Waals surface area contributed by atoms with Crippen molar-refractivity contribution < 1.29 is 5.11 Å². The molecule has 1 aromatic heterocycles. The van der Waals surface area contributed by atoms with Crippen molar-refractivity contribution in [3.63, 3.8) is 0 Å². The Morgan fingerprint density at radius 3 is 2.40 bits per heavy atom. The number of benzene rings is 1. The van der Waals surface area contributed by atoms with Gasteiger partial charge in [-0.3, -0.25) is 4.68 Å². The lowest BCUT2D eigenvalue weighted by Gasteiger charge is -2.31. The van der Waals surface area contributed by atoms with Crippen LogP contribution in [0.4, 0.5) is 0 Å². The van der Waals surface area contributed by atoms with Gasteiger partial charge in [0.05, 0.1) is 12.3 Å². The van der Waals surface area contributed by atoms with E-state index in [2.05, 4.69) is 24.2 Å². The molecule has 1 aromatic carbocycles. The number of hydrogen-bond acceptors (Lipinski definition) is 2. The highest BCUT2D eigenvalue weighted by Gasteiger charge is 2.32. The van der Waals surface area contributed by atoms with Crippen LogP contribution in [0.1, 0.15) is 30.2 Å². The Bertz CT molecular complexity index is 574. The summed E-state index contributed by atoms with van der Waals surface area (Å²) >= 11 is 6.34. The van der Waals surface area contributed by atoms with Gasteiger partial charge in [0.25, 0.3) is 0 Å². The zero-order valence-electron chi connectivity index (χ0n) is 12.2. The second-order valence-electron chi connectivity index (χ2n) is 5.31. The van der Waals surface area contributed by atoms with Crippen molar-refractivity contribution in [2.24, 2.45) is 7.05 Å². The molecule has 0 spiro atoms. The molecule has 20 heavy (non-hydrogen) atoms. The SMILES string of the molecule is CCC(CO)(Cc1c(C)nn(C)c1Cl)c1ccccc1. The van der Waals surface area contributed by atoms with Crippen LogP contribution in [0.5, 0.6) is 0 Å². The molecule has 0 aliphatic rings. The van der Waals surface area contributed by atoms with E-state index in [4.69, 9.17) is 11.6 Å². The van der Waals surface area contributed by atoms with Gasteiger partial charge in [0.1, 0.15) is 5.15 Å². The fourth-order valence-electron chi connectivity index (χ4n) is 2.69. The first-order valence-corrected chi connectivity index (χ1v) is 7.26. The van der Waals surface area contributed by atoms with Crippen molar-refractivity contribution in [2.75, 3.05) is 6.61 Å². The van der Waals surface area contributed by atoms with Crippen molar-refractivity contribution in [1.82, 2.24) is 9.78 Å². The predicted octanol–water partition coefficient (Wildman–Crippen LogP) is 3.26. The minimum Gasteiger partial charge on any atom is -0.395 e. The normalized spacial score (nSPS) is 14.2. The molecule has 0 amide bonds. The number of nitrogens with zero attached hydrogens (tertiary/aromatic N) is 2. The Kier molecular flexibility index (Phi) is 4.51. The molecule has 1 unspecified atom stereocenters. The topological polar surface area (TPSA) is 38.1 Å². The Labute approximate surface area is 125 Å². The number of aryl methyl sites for hydroxylation is 2. The van der Waals surface area contributed by atoms with Gasteiger partial charge in [0.2, 0.25) is 0 Å². The van der Waals surface area contributed by atoms with E-state index in [1.807, 2.05) is 32.2 Å². The number of aromatic nitrogens is 2. The van der Waals surface area contributed by atoms with Gasteiger partial charge in [-0.05, 0) is 25.3 Å². The number of aliphatic hydroxyl groups is 1. The van der Waals surface area contributed by atoms with Gasteiger partial charge in [-0.25, -0.2) is 0 Å². The second kappa shape index (κ2) is 5.98. The molecule has 0 aliphatic carbocycles. The minimum atomic E-state index is -0.307. The van der Waals surface area contributed by atoms with Crippen LogP contribution in [-0.4, -0.2) is 21.5 Å². The fraction of sp³-hybridized carbons (Fsp3) is 0.438. The van der Waals surface area contributed by atoms with Crippen molar-refractivity contribution in [2.45, 2.75) is 32.1 Å². The first-order chi connectivity index (χ1) is 9.54. The lowest BCUT2D eigenvalue weighted by Crippen LogP contribution is -2.32. The lowest BCUT2D eigenvalue weighted by atomic mass is 9.74. The Hall–Kier alpha value is -1.32. The molecule has 1 atom stereocenters. The Morgan fingerprint density at radius 2 is 1.95 bits per heavy atom. The summed E-state index contributed by atoms with van der Waals surface area (Å²) in [6.45, 7) is 4.16. The van der Waals surface area contributed by atoms with Crippen molar-refractivity contribution in [3.8, 4) is 0 Å². The van der Waals surface area contributed by atoms with Gasteiger partial charge in [-0.2, -0.15) is 5.10 Å². The van der Waals surface area contributed by atoms with Gasteiger partial charge in [-0.1, -0.05) is 48.9 Å². The molecule has 1 N–H and O–H groups in total. The van der Waals surface area contributed by atoms with Crippen LogP contribution in [-0.2, 0) is 18.9 Å². The zero-order valence-corrected chi connectivity index (χ0v) is 13.0. The summed E-state index contributed by atoms with van der Waals surface area (Å²) in [4.78, 5) is 0. The third kappa shape index (κ3) is 2.60. The van der Waals surface area contributed by atoms with Gasteiger partial charge in [0.15, 0.2) is 0 Å². The van der Waals surface area contributed by atoms with E-state index in [1.165, 1.54) is 0 Å². The monoisotopic (exact) mass is 292 g/mol. The van der Waals surface area contributed by atoms with Crippen LogP contribution >= 0.6 is 11.6 Å². The molecule has 0 saturated carbocycles. The van der Waals surface area contributed by atoms with E-state index < -0.39 is 0 Å². The first-order valence-electron chi connectivity index (χ1n) is 6.88. The van der Waals surface area contributed by atoms with Crippen LogP contribution in [0.3, 0.4) is 0 Å². The average molecular weight is 293 g/mol. The summed E-state index contributed by atoms with van der Waals surface area (Å²) in [5.74, 6) is 0. The van der Waals surface area contributed by atoms with Crippen LogP contribution < -0.4 is 0 Å². The number of hydrogen-bond donors (Lipinski definition) is 1. The summed E-state index contributed by atoms with van der Waals surface area (Å²) in [5, 5.41) is 15.0. The lowest BCUT2D eigenvalue weighted by molar-refractivity contribution is 0.186.